The Hall–Kier alpha value is 0.0669. The smallest absolute Gasteiger partial charge is 0.374 e. The van der Waals surface area contributed by atoms with Gasteiger partial charge in [0.15, 0.2) is 0 Å². The van der Waals surface area contributed by atoms with Crippen LogP contribution in [-0.2, 0) is 8.85 Å². The van der Waals surface area contributed by atoms with E-state index in [2.05, 4.69) is 6.92 Å². The van der Waals surface area contributed by atoms with Crippen LogP contribution in [0.15, 0.2) is 0 Å². The van der Waals surface area contributed by atoms with Crippen LogP contribution in [0.4, 0.5) is 4.11 Å². The lowest BCUT2D eigenvalue weighted by molar-refractivity contribution is 0.191. The van der Waals surface area contributed by atoms with Crippen molar-refractivity contribution in [3.63, 3.8) is 0 Å². The first-order chi connectivity index (χ1) is 6.68. The lowest BCUT2D eigenvalue weighted by Gasteiger charge is -2.16. The Morgan fingerprint density at radius 3 is 1.93 bits per heavy atom. The molecule has 0 rings (SSSR count). The minimum Gasteiger partial charge on any atom is -0.374 e. The molecule has 0 unspecified atom stereocenters. The third-order valence-electron chi connectivity index (χ3n) is 2.44. The van der Waals surface area contributed by atoms with Crippen LogP contribution >= 0.6 is 0 Å². The van der Waals surface area contributed by atoms with Gasteiger partial charge in [0.05, 0.1) is 0 Å². The Morgan fingerprint density at radius 1 is 0.929 bits per heavy atom. The topological polar surface area (TPSA) is 18.5 Å². The second-order valence-corrected chi connectivity index (χ2v) is 6.22. The summed E-state index contributed by atoms with van der Waals surface area (Å²) in [4.78, 5) is 0. The second-order valence-electron chi connectivity index (χ2n) is 3.59. The van der Waals surface area contributed by atoms with Crippen LogP contribution in [0.5, 0.6) is 0 Å². The van der Waals surface area contributed by atoms with Gasteiger partial charge in [-0.3, -0.25) is 0 Å². The molecule has 86 valence electrons. The van der Waals surface area contributed by atoms with E-state index in [1.807, 2.05) is 0 Å². The third kappa shape index (κ3) is 6.51. The zero-order valence-electron chi connectivity index (χ0n) is 9.64. The van der Waals surface area contributed by atoms with Crippen molar-refractivity contribution in [3.8, 4) is 0 Å². The van der Waals surface area contributed by atoms with E-state index in [-0.39, 0.29) is 0 Å². The summed E-state index contributed by atoms with van der Waals surface area (Å²) >= 11 is 0. The highest BCUT2D eigenvalue weighted by molar-refractivity contribution is 6.59. The van der Waals surface area contributed by atoms with Gasteiger partial charge < -0.3 is 8.85 Å². The molecule has 0 amide bonds. The maximum absolute atomic E-state index is 13.5. The fourth-order valence-electron chi connectivity index (χ4n) is 1.40. The largest absolute Gasteiger partial charge is 0.539 e. The van der Waals surface area contributed by atoms with Gasteiger partial charge in [0, 0.05) is 20.3 Å². The van der Waals surface area contributed by atoms with Gasteiger partial charge in [0.2, 0.25) is 0 Å². The maximum Gasteiger partial charge on any atom is 0.539 e. The van der Waals surface area contributed by atoms with Crippen LogP contribution < -0.4 is 0 Å². The van der Waals surface area contributed by atoms with E-state index in [1.165, 1.54) is 39.9 Å². The standard InChI is InChI=1S/C10H23FO2Si/c1-4-5-6-7-8-9-10-14(11,12-2)13-3/h4-10H2,1-3H3. The molecule has 0 aliphatic rings. The fraction of sp³-hybridized carbons (Fsp3) is 1.00. The molecule has 0 aliphatic heterocycles. The summed E-state index contributed by atoms with van der Waals surface area (Å²) in [7, 11) is -0.475. The summed E-state index contributed by atoms with van der Waals surface area (Å²) in [5.74, 6) is 0. The fourth-order valence-corrected chi connectivity index (χ4v) is 2.65. The minimum absolute atomic E-state index is 0.464. The highest BCUT2D eigenvalue weighted by Gasteiger charge is 2.36. The third-order valence-corrected chi connectivity index (χ3v) is 4.61. The van der Waals surface area contributed by atoms with Crippen molar-refractivity contribution in [2.24, 2.45) is 0 Å². The number of halogens is 1. The number of unbranched alkanes of at least 4 members (excludes halogenated alkanes) is 5. The molecule has 0 aromatic rings. The van der Waals surface area contributed by atoms with Crippen LogP contribution in [-0.4, -0.2) is 23.1 Å². The Morgan fingerprint density at radius 2 is 1.43 bits per heavy atom. The van der Waals surface area contributed by atoms with Gasteiger partial charge in [0.25, 0.3) is 0 Å². The van der Waals surface area contributed by atoms with Gasteiger partial charge in [-0.1, -0.05) is 39.0 Å². The molecule has 0 aromatic heterocycles. The van der Waals surface area contributed by atoms with Crippen LogP contribution in [0.25, 0.3) is 0 Å². The lowest BCUT2D eigenvalue weighted by Crippen LogP contribution is -2.34. The van der Waals surface area contributed by atoms with Crippen LogP contribution in [0.3, 0.4) is 0 Å². The molecule has 0 heterocycles. The zero-order chi connectivity index (χ0) is 10.9. The number of hydrogen-bond donors (Lipinski definition) is 0. The SMILES string of the molecule is CCCCCCCC[Si](F)(OC)OC. The molecule has 14 heavy (non-hydrogen) atoms. The van der Waals surface area contributed by atoms with Gasteiger partial charge in [0.1, 0.15) is 0 Å². The van der Waals surface area contributed by atoms with E-state index in [1.54, 1.807) is 0 Å². The molecule has 0 N–H and O–H groups in total. The number of rotatable bonds is 9. The summed E-state index contributed by atoms with van der Waals surface area (Å²) in [5, 5.41) is 0. The van der Waals surface area contributed by atoms with E-state index in [4.69, 9.17) is 8.85 Å². The molecule has 0 aromatic carbocycles. The van der Waals surface area contributed by atoms with Crippen molar-refractivity contribution in [2.45, 2.75) is 51.5 Å². The first-order valence-corrected chi connectivity index (χ1v) is 7.38. The molecule has 0 fully saturated rings. The summed E-state index contributed by atoms with van der Waals surface area (Å²) < 4.78 is 23.0. The van der Waals surface area contributed by atoms with Gasteiger partial charge in [-0.25, -0.2) is 4.11 Å². The Balaban J connectivity index is 3.34. The van der Waals surface area contributed by atoms with E-state index in [9.17, 15) is 4.11 Å². The molecule has 0 atom stereocenters. The Kier molecular flexibility index (Phi) is 8.42. The van der Waals surface area contributed by atoms with Crippen molar-refractivity contribution in [1.82, 2.24) is 0 Å². The Bertz CT molecular complexity index is 129. The van der Waals surface area contributed by atoms with E-state index < -0.39 is 8.89 Å². The summed E-state index contributed by atoms with van der Waals surface area (Å²) in [5.41, 5.74) is 0. The second kappa shape index (κ2) is 8.38. The molecule has 0 spiro atoms. The van der Waals surface area contributed by atoms with Gasteiger partial charge in [-0.15, -0.1) is 0 Å². The average Bonchev–Trinajstić information content (AvgIpc) is 2.23. The van der Waals surface area contributed by atoms with Crippen LogP contribution in [0.2, 0.25) is 6.04 Å². The van der Waals surface area contributed by atoms with Gasteiger partial charge in [-0.2, -0.15) is 0 Å². The quantitative estimate of drug-likeness (QED) is 0.337. The summed E-state index contributed by atoms with van der Waals surface area (Å²) in [6.07, 6.45) is 6.97. The van der Waals surface area contributed by atoms with Crippen LogP contribution in [0, 0.1) is 0 Å². The number of hydrogen-bond acceptors (Lipinski definition) is 2. The molecular formula is C10H23FO2Si. The monoisotopic (exact) mass is 222 g/mol. The molecule has 0 bridgehead atoms. The maximum atomic E-state index is 13.5. The lowest BCUT2D eigenvalue weighted by atomic mass is 10.1. The summed E-state index contributed by atoms with van der Waals surface area (Å²) in [6.45, 7) is 2.19. The molecule has 0 saturated heterocycles. The first-order valence-electron chi connectivity index (χ1n) is 5.47. The van der Waals surface area contributed by atoms with Gasteiger partial charge >= 0.3 is 8.89 Å². The first kappa shape index (κ1) is 14.1. The highest BCUT2D eigenvalue weighted by Crippen LogP contribution is 2.18. The van der Waals surface area contributed by atoms with E-state index >= 15 is 0 Å². The highest BCUT2D eigenvalue weighted by atomic mass is 28.4. The predicted molar refractivity (Wildman–Crippen MR) is 59.1 cm³/mol. The molecule has 0 aliphatic carbocycles. The van der Waals surface area contributed by atoms with Crippen LogP contribution in [0.1, 0.15) is 45.4 Å². The van der Waals surface area contributed by atoms with E-state index in [0.717, 1.165) is 12.8 Å². The predicted octanol–water partition coefficient (Wildman–Crippen LogP) is 3.55. The molecule has 4 heteroatoms. The molecule has 0 radical (unpaired) electrons. The van der Waals surface area contributed by atoms with Crippen molar-refractivity contribution >= 4 is 8.89 Å². The average molecular weight is 222 g/mol. The van der Waals surface area contributed by atoms with Crippen molar-refractivity contribution in [1.29, 1.82) is 0 Å². The normalized spacial score (nSPS) is 12.0. The summed E-state index contributed by atoms with van der Waals surface area (Å²) in [6, 6.07) is 0.464. The molecule has 0 saturated carbocycles. The van der Waals surface area contributed by atoms with Crippen molar-refractivity contribution < 1.29 is 13.0 Å². The zero-order valence-corrected chi connectivity index (χ0v) is 10.6. The van der Waals surface area contributed by atoms with E-state index in [0.29, 0.717) is 6.04 Å². The molecular weight excluding hydrogens is 199 g/mol. The Labute approximate surface area is 88.2 Å². The van der Waals surface area contributed by atoms with Crippen molar-refractivity contribution in [2.75, 3.05) is 14.2 Å². The minimum atomic E-state index is -3.27. The van der Waals surface area contributed by atoms with Gasteiger partial charge in [-0.05, 0) is 6.42 Å². The molecule has 2 nitrogen and oxygen atoms in total. The van der Waals surface area contributed by atoms with Crippen molar-refractivity contribution in [3.05, 3.63) is 0 Å².